The minimum atomic E-state index is -0.388. The molecule has 0 aliphatic heterocycles. The SMILES string of the molecule is COCCCN(CC(=O)N(Cc1ccc(F)cc1)Cc1cccs1)C(=O)Nc1cccc(OC)c1. The molecule has 0 unspecified atom stereocenters. The molecule has 0 atom stereocenters. The third-order valence-corrected chi connectivity index (χ3v) is 6.14. The molecule has 0 saturated carbocycles. The van der Waals surface area contributed by atoms with Gasteiger partial charge in [0.1, 0.15) is 18.1 Å². The molecule has 0 spiro atoms. The van der Waals surface area contributed by atoms with Gasteiger partial charge in [0, 0.05) is 43.4 Å². The fraction of sp³-hybridized carbons (Fsp3) is 0.308. The van der Waals surface area contributed by atoms with Crippen LogP contribution < -0.4 is 10.1 Å². The first kappa shape index (κ1) is 26.2. The van der Waals surface area contributed by atoms with Crippen LogP contribution in [0.3, 0.4) is 0 Å². The number of anilines is 1. The van der Waals surface area contributed by atoms with Gasteiger partial charge in [-0.1, -0.05) is 24.3 Å². The number of hydrogen-bond acceptors (Lipinski definition) is 5. The second-order valence-electron chi connectivity index (χ2n) is 7.89. The van der Waals surface area contributed by atoms with Gasteiger partial charge in [-0.2, -0.15) is 0 Å². The lowest BCUT2D eigenvalue weighted by molar-refractivity contribution is -0.133. The molecule has 186 valence electrons. The second-order valence-corrected chi connectivity index (χ2v) is 8.92. The zero-order chi connectivity index (χ0) is 25.0. The minimum Gasteiger partial charge on any atom is -0.497 e. The van der Waals surface area contributed by atoms with Crippen LogP contribution in [0.4, 0.5) is 14.9 Å². The van der Waals surface area contributed by atoms with Crippen molar-refractivity contribution in [3.8, 4) is 5.75 Å². The lowest BCUT2D eigenvalue weighted by Crippen LogP contribution is -2.44. The third kappa shape index (κ3) is 8.38. The van der Waals surface area contributed by atoms with E-state index in [2.05, 4.69) is 5.32 Å². The summed E-state index contributed by atoms with van der Waals surface area (Å²) in [6.45, 7) is 1.41. The maximum absolute atomic E-state index is 13.4. The van der Waals surface area contributed by atoms with Crippen LogP contribution in [0, 0.1) is 5.82 Å². The molecule has 1 N–H and O–H groups in total. The van der Waals surface area contributed by atoms with E-state index in [1.807, 2.05) is 17.5 Å². The first-order valence-corrected chi connectivity index (χ1v) is 12.1. The van der Waals surface area contributed by atoms with Crippen LogP contribution in [-0.4, -0.2) is 55.7 Å². The molecule has 0 bridgehead atoms. The van der Waals surface area contributed by atoms with Crippen molar-refractivity contribution in [2.24, 2.45) is 0 Å². The Kier molecular flexibility index (Phi) is 10.1. The van der Waals surface area contributed by atoms with Crippen molar-refractivity contribution < 1.29 is 23.5 Å². The largest absolute Gasteiger partial charge is 0.497 e. The fourth-order valence-electron chi connectivity index (χ4n) is 3.45. The number of halogens is 1. The summed E-state index contributed by atoms with van der Waals surface area (Å²) in [5.74, 6) is 0.0792. The van der Waals surface area contributed by atoms with Crippen molar-refractivity contribution in [3.63, 3.8) is 0 Å². The first-order chi connectivity index (χ1) is 17.0. The number of thiophene rings is 1. The second kappa shape index (κ2) is 13.5. The summed E-state index contributed by atoms with van der Waals surface area (Å²) >= 11 is 1.55. The number of urea groups is 1. The number of methoxy groups -OCH3 is 2. The molecule has 1 heterocycles. The maximum Gasteiger partial charge on any atom is 0.322 e. The topological polar surface area (TPSA) is 71.1 Å². The highest BCUT2D eigenvalue weighted by molar-refractivity contribution is 7.09. The van der Waals surface area contributed by atoms with Crippen molar-refractivity contribution in [2.45, 2.75) is 19.5 Å². The van der Waals surface area contributed by atoms with Gasteiger partial charge in [0.05, 0.1) is 13.7 Å². The van der Waals surface area contributed by atoms with Gasteiger partial charge in [-0.05, 0) is 47.7 Å². The van der Waals surface area contributed by atoms with Crippen molar-refractivity contribution in [1.29, 1.82) is 0 Å². The van der Waals surface area contributed by atoms with Crippen LogP contribution in [-0.2, 0) is 22.6 Å². The molecule has 0 fully saturated rings. The van der Waals surface area contributed by atoms with Crippen molar-refractivity contribution in [2.75, 3.05) is 39.2 Å². The van der Waals surface area contributed by atoms with Crippen LogP contribution >= 0.6 is 11.3 Å². The maximum atomic E-state index is 13.4. The van der Waals surface area contributed by atoms with E-state index in [9.17, 15) is 14.0 Å². The molecule has 3 aromatic rings. The van der Waals surface area contributed by atoms with Gasteiger partial charge in [-0.15, -0.1) is 11.3 Å². The molecule has 35 heavy (non-hydrogen) atoms. The molecule has 7 nitrogen and oxygen atoms in total. The summed E-state index contributed by atoms with van der Waals surface area (Å²) in [5.41, 5.74) is 1.38. The number of nitrogens with zero attached hydrogens (tertiary/aromatic N) is 2. The lowest BCUT2D eigenvalue weighted by atomic mass is 10.2. The molecule has 0 aliphatic carbocycles. The quantitative estimate of drug-likeness (QED) is 0.356. The van der Waals surface area contributed by atoms with E-state index in [0.717, 1.165) is 10.4 Å². The molecule has 2 aromatic carbocycles. The van der Waals surface area contributed by atoms with Crippen molar-refractivity contribution in [3.05, 3.63) is 82.3 Å². The Morgan fingerprint density at radius 1 is 1.00 bits per heavy atom. The average Bonchev–Trinajstić information content (AvgIpc) is 3.37. The molecule has 0 radical (unpaired) electrons. The number of ether oxygens (including phenoxy) is 2. The normalized spacial score (nSPS) is 10.6. The Balaban J connectivity index is 1.75. The molecule has 0 aliphatic rings. The van der Waals surface area contributed by atoms with Crippen molar-refractivity contribution >= 4 is 29.0 Å². The summed E-state index contributed by atoms with van der Waals surface area (Å²) < 4.78 is 23.7. The molecule has 9 heteroatoms. The van der Waals surface area contributed by atoms with Gasteiger partial charge in [0.15, 0.2) is 0 Å². The Bertz CT molecular complexity index is 1080. The predicted octanol–water partition coefficient (Wildman–Crippen LogP) is 5.00. The Morgan fingerprint density at radius 2 is 1.80 bits per heavy atom. The lowest BCUT2D eigenvalue weighted by Gasteiger charge is -2.28. The Hall–Kier alpha value is -3.43. The number of carbonyl (C=O) groups is 2. The summed E-state index contributed by atoms with van der Waals surface area (Å²) in [7, 11) is 3.15. The number of benzene rings is 2. The molecular weight excluding hydrogens is 469 g/mol. The zero-order valence-electron chi connectivity index (χ0n) is 19.9. The minimum absolute atomic E-state index is 0.105. The van der Waals surface area contributed by atoms with Gasteiger partial charge in [-0.3, -0.25) is 4.79 Å². The average molecular weight is 500 g/mol. The van der Waals surface area contributed by atoms with Crippen LogP contribution in [0.2, 0.25) is 0 Å². The van der Waals surface area contributed by atoms with Gasteiger partial charge in [-0.25, -0.2) is 9.18 Å². The molecule has 0 saturated heterocycles. The zero-order valence-corrected chi connectivity index (χ0v) is 20.7. The van der Waals surface area contributed by atoms with E-state index >= 15 is 0 Å². The van der Waals surface area contributed by atoms with E-state index in [4.69, 9.17) is 9.47 Å². The first-order valence-electron chi connectivity index (χ1n) is 11.2. The number of rotatable bonds is 12. The van der Waals surface area contributed by atoms with Crippen LogP contribution in [0.25, 0.3) is 0 Å². The van der Waals surface area contributed by atoms with E-state index in [1.54, 1.807) is 66.9 Å². The molecule has 1 aromatic heterocycles. The number of amides is 3. The number of hydrogen-bond donors (Lipinski definition) is 1. The van der Waals surface area contributed by atoms with Crippen LogP contribution in [0.1, 0.15) is 16.9 Å². The highest BCUT2D eigenvalue weighted by atomic mass is 32.1. The summed E-state index contributed by atoms with van der Waals surface area (Å²) in [4.78, 5) is 30.7. The standard InChI is InChI=1S/C26H30FN3O4S/c1-33-14-5-13-29(26(32)28-22-6-3-7-23(16-22)34-2)19-25(31)30(18-24-8-4-15-35-24)17-20-9-11-21(27)12-10-20/h3-4,6-12,15-16H,5,13-14,17-19H2,1-2H3,(H,28,32). The molecular formula is C26H30FN3O4S. The Morgan fingerprint density at radius 3 is 2.49 bits per heavy atom. The van der Waals surface area contributed by atoms with Crippen LogP contribution in [0.5, 0.6) is 5.75 Å². The fourth-order valence-corrected chi connectivity index (χ4v) is 4.17. The van der Waals surface area contributed by atoms with Gasteiger partial charge < -0.3 is 24.6 Å². The van der Waals surface area contributed by atoms with Gasteiger partial charge >= 0.3 is 6.03 Å². The molecule has 3 amide bonds. The highest BCUT2D eigenvalue weighted by Gasteiger charge is 2.22. The molecule has 3 rings (SSSR count). The smallest absolute Gasteiger partial charge is 0.322 e. The van der Waals surface area contributed by atoms with Crippen molar-refractivity contribution in [1.82, 2.24) is 9.80 Å². The predicted molar refractivity (Wildman–Crippen MR) is 135 cm³/mol. The summed E-state index contributed by atoms with van der Waals surface area (Å²) in [6, 6.07) is 16.6. The Labute approximate surface area is 209 Å². The van der Waals surface area contributed by atoms with E-state index in [-0.39, 0.29) is 24.3 Å². The summed E-state index contributed by atoms with van der Waals surface area (Å²) in [5, 5.41) is 4.80. The summed E-state index contributed by atoms with van der Waals surface area (Å²) in [6.07, 6.45) is 0.582. The van der Waals surface area contributed by atoms with Crippen LogP contribution in [0.15, 0.2) is 66.0 Å². The highest BCUT2D eigenvalue weighted by Crippen LogP contribution is 2.18. The number of carbonyl (C=O) groups excluding carboxylic acids is 2. The van der Waals surface area contributed by atoms with Gasteiger partial charge in [0.25, 0.3) is 0 Å². The third-order valence-electron chi connectivity index (χ3n) is 5.28. The van der Waals surface area contributed by atoms with E-state index in [0.29, 0.717) is 44.1 Å². The number of nitrogens with one attached hydrogen (secondary N) is 1. The van der Waals surface area contributed by atoms with E-state index < -0.39 is 0 Å². The van der Waals surface area contributed by atoms with Gasteiger partial charge in [0.2, 0.25) is 5.91 Å². The monoisotopic (exact) mass is 499 g/mol. The van der Waals surface area contributed by atoms with E-state index in [1.165, 1.54) is 17.0 Å².